The highest BCUT2D eigenvalue weighted by Gasteiger charge is 2.12. The van der Waals surface area contributed by atoms with Crippen LogP contribution in [0.3, 0.4) is 0 Å². The van der Waals surface area contributed by atoms with Crippen molar-refractivity contribution in [1.29, 1.82) is 5.26 Å². The van der Waals surface area contributed by atoms with Gasteiger partial charge in [-0.15, -0.1) is 0 Å². The molecule has 0 aliphatic rings. The van der Waals surface area contributed by atoms with Crippen molar-refractivity contribution in [2.45, 2.75) is 26.4 Å². The maximum absolute atomic E-state index is 12.1. The lowest BCUT2D eigenvalue weighted by Gasteiger charge is -2.09. The zero-order valence-corrected chi connectivity index (χ0v) is 16.1. The first kappa shape index (κ1) is 19.3. The number of benzene rings is 1. The molecule has 3 aromatic rings. The normalized spacial score (nSPS) is 11.5. The zero-order valence-electron chi connectivity index (χ0n) is 15.3. The van der Waals surface area contributed by atoms with Gasteiger partial charge in [0, 0.05) is 23.9 Å². The Morgan fingerprint density at radius 3 is 2.71 bits per heavy atom. The van der Waals surface area contributed by atoms with Crippen LogP contribution in [-0.4, -0.2) is 31.7 Å². The average molecular weight is 396 g/mol. The SMILES string of the molecule is CCn1cc(Nc2ncc(Cl)c(-c3ccc(C(=O)NC(C)C#N)cc3)n2)cn1. The number of aromatic nitrogens is 4. The molecule has 1 aromatic carbocycles. The van der Waals surface area contributed by atoms with Crippen LogP contribution in [0.25, 0.3) is 11.3 Å². The molecule has 0 radical (unpaired) electrons. The summed E-state index contributed by atoms with van der Waals surface area (Å²) in [6.45, 7) is 4.38. The molecule has 0 aliphatic heterocycles. The van der Waals surface area contributed by atoms with Crippen LogP contribution < -0.4 is 10.6 Å². The topological polar surface area (TPSA) is 109 Å². The predicted octanol–water partition coefficient (Wildman–Crippen LogP) is 3.40. The first-order chi connectivity index (χ1) is 13.5. The average Bonchev–Trinajstić information content (AvgIpc) is 3.17. The van der Waals surface area contributed by atoms with Crippen LogP contribution in [-0.2, 0) is 6.54 Å². The van der Waals surface area contributed by atoms with E-state index < -0.39 is 6.04 Å². The highest BCUT2D eigenvalue weighted by atomic mass is 35.5. The molecule has 0 aliphatic carbocycles. The van der Waals surface area contributed by atoms with Gasteiger partial charge in [-0.2, -0.15) is 10.4 Å². The molecule has 1 atom stereocenters. The van der Waals surface area contributed by atoms with Crippen molar-refractivity contribution < 1.29 is 4.79 Å². The molecule has 3 rings (SSSR count). The minimum atomic E-state index is -0.561. The summed E-state index contributed by atoms with van der Waals surface area (Å²) in [4.78, 5) is 20.8. The summed E-state index contributed by atoms with van der Waals surface area (Å²) in [5.41, 5.74) is 2.50. The molecule has 0 fully saturated rings. The second-order valence-corrected chi connectivity index (χ2v) is 6.41. The number of rotatable bonds is 6. The maximum Gasteiger partial charge on any atom is 0.252 e. The molecule has 0 saturated heterocycles. The number of nitriles is 1. The number of halogens is 1. The minimum absolute atomic E-state index is 0.315. The number of hydrogen-bond donors (Lipinski definition) is 2. The fraction of sp³-hybridized carbons (Fsp3) is 0.211. The van der Waals surface area contributed by atoms with E-state index >= 15 is 0 Å². The number of nitrogens with zero attached hydrogens (tertiary/aromatic N) is 5. The van der Waals surface area contributed by atoms with Gasteiger partial charge in [-0.3, -0.25) is 9.48 Å². The van der Waals surface area contributed by atoms with E-state index in [0.29, 0.717) is 22.2 Å². The molecule has 0 bridgehead atoms. The highest BCUT2D eigenvalue weighted by molar-refractivity contribution is 6.32. The molecule has 1 unspecified atom stereocenters. The minimum Gasteiger partial charge on any atom is -0.337 e. The van der Waals surface area contributed by atoms with Gasteiger partial charge in [-0.25, -0.2) is 9.97 Å². The quantitative estimate of drug-likeness (QED) is 0.662. The first-order valence-corrected chi connectivity index (χ1v) is 9.01. The van der Waals surface area contributed by atoms with Crippen LogP contribution >= 0.6 is 11.6 Å². The summed E-state index contributed by atoms with van der Waals surface area (Å²) < 4.78 is 1.79. The summed E-state index contributed by atoms with van der Waals surface area (Å²) in [6, 6.07) is 8.22. The molecular weight excluding hydrogens is 378 g/mol. The monoisotopic (exact) mass is 395 g/mol. The van der Waals surface area contributed by atoms with E-state index in [2.05, 4.69) is 25.7 Å². The van der Waals surface area contributed by atoms with E-state index in [1.807, 2.05) is 19.2 Å². The summed E-state index contributed by atoms with van der Waals surface area (Å²) in [7, 11) is 0. The van der Waals surface area contributed by atoms with Gasteiger partial charge in [0.05, 0.1) is 34.9 Å². The van der Waals surface area contributed by atoms with E-state index in [1.165, 1.54) is 6.20 Å². The van der Waals surface area contributed by atoms with Crippen LogP contribution in [0.1, 0.15) is 24.2 Å². The Hall–Kier alpha value is -3.44. The number of nitrogens with one attached hydrogen (secondary N) is 2. The molecule has 8 nitrogen and oxygen atoms in total. The van der Waals surface area contributed by atoms with Crippen molar-refractivity contribution in [3.8, 4) is 17.3 Å². The Balaban J connectivity index is 1.81. The third kappa shape index (κ3) is 4.45. The van der Waals surface area contributed by atoms with Gasteiger partial charge >= 0.3 is 0 Å². The highest BCUT2D eigenvalue weighted by Crippen LogP contribution is 2.27. The number of hydrogen-bond acceptors (Lipinski definition) is 6. The van der Waals surface area contributed by atoms with Crippen LogP contribution in [0.5, 0.6) is 0 Å². The zero-order chi connectivity index (χ0) is 20.1. The number of carbonyl (C=O) groups excluding carboxylic acids is 1. The lowest BCUT2D eigenvalue weighted by atomic mass is 10.1. The van der Waals surface area contributed by atoms with Crippen LogP contribution in [0, 0.1) is 11.3 Å². The molecule has 9 heteroatoms. The van der Waals surface area contributed by atoms with Crippen molar-refractivity contribution >= 4 is 29.1 Å². The number of anilines is 2. The Morgan fingerprint density at radius 2 is 2.07 bits per heavy atom. The van der Waals surface area contributed by atoms with Gasteiger partial charge < -0.3 is 10.6 Å². The number of amides is 1. The fourth-order valence-electron chi connectivity index (χ4n) is 2.45. The van der Waals surface area contributed by atoms with Gasteiger partial charge in [0.2, 0.25) is 5.95 Å². The standard InChI is InChI=1S/C19H18ClN7O/c1-3-27-11-15(9-23-27)25-19-22-10-16(20)17(26-19)13-4-6-14(7-5-13)18(28)24-12(2)8-21/h4-7,9-12H,3H2,1-2H3,(H,24,28)(H,22,25,26). The van der Waals surface area contributed by atoms with Crippen molar-refractivity contribution in [2.24, 2.45) is 0 Å². The van der Waals surface area contributed by atoms with Crippen LogP contribution in [0.2, 0.25) is 5.02 Å². The van der Waals surface area contributed by atoms with Gasteiger partial charge in [0.25, 0.3) is 5.91 Å². The predicted molar refractivity (Wildman–Crippen MR) is 106 cm³/mol. The summed E-state index contributed by atoms with van der Waals surface area (Å²) in [6.07, 6.45) is 5.07. The van der Waals surface area contributed by atoms with Gasteiger partial charge in [-0.05, 0) is 26.0 Å². The van der Waals surface area contributed by atoms with Crippen LogP contribution in [0.4, 0.5) is 11.6 Å². The Bertz CT molecular complexity index is 1020. The van der Waals surface area contributed by atoms with Gasteiger partial charge in [0.1, 0.15) is 6.04 Å². The largest absolute Gasteiger partial charge is 0.337 e. The van der Waals surface area contributed by atoms with E-state index in [-0.39, 0.29) is 5.91 Å². The maximum atomic E-state index is 12.1. The van der Waals surface area contributed by atoms with Crippen molar-refractivity contribution in [3.05, 3.63) is 53.4 Å². The van der Waals surface area contributed by atoms with E-state index in [0.717, 1.165) is 17.8 Å². The Labute approximate surface area is 167 Å². The van der Waals surface area contributed by atoms with Crippen molar-refractivity contribution in [3.63, 3.8) is 0 Å². The molecular formula is C19H18ClN7O. The number of carbonyl (C=O) groups is 1. The second-order valence-electron chi connectivity index (χ2n) is 6.00. The van der Waals surface area contributed by atoms with Gasteiger partial charge in [0.15, 0.2) is 0 Å². The molecule has 0 spiro atoms. The Morgan fingerprint density at radius 1 is 1.32 bits per heavy atom. The molecule has 2 heterocycles. The summed E-state index contributed by atoms with van der Waals surface area (Å²) in [5, 5.41) is 19.1. The first-order valence-electron chi connectivity index (χ1n) is 8.63. The van der Waals surface area contributed by atoms with E-state index in [9.17, 15) is 4.79 Å². The molecule has 28 heavy (non-hydrogen) atoms. The van der Waals surface area contributed by atoms with Crippen molar-refractivity contribution in [2.75, 3.05) is 5.32 Å². The van der Waals surface area contributed by atoms with E-state index in [1.54, 1.807) is 42.1 Å². The number of aryl methyl sites for hydroxylation is 1. The summed E-state index contributed by atoms with van der Waals surface area (Å²) >= 11 is 6.27. The third-order valence-electron chi connectivity index (χ3n) is 3.92. The lowest BCUT2D eigenvalue weighted by molar-refractivity contribution is 0.0948. The Kier molecular flexibility index (Phi) is 5.87. The van der Waals surface area contributed by atoms with E-state index in [4.69, 9.17) is 16.9 Å². The fourth-order valence-corrected chi connectivity index (χ4v) is 2.65. The molecule has 1 amide bonds. The summed E-state index contributed by atoms with van der Waals surface area (Å²) in [5.74, 6) is 0.0735. The smallest absolute Gasteiger partial charge is 0.252 e. The van der Waals surface area contributed by atoms with Crippen molar-refractivity contribution in [1.82, 2.24) is 25.1 Å². The molecule has 2 aromatic heterocycles. The second kappa shape index (κ2) is 8.50. The van der Waals surface area contributed by atoms with Gasteiger partial charge in [-0.1, -0.05) is 23.7 Å². The third-order valence-corrected chi connectivity index (χ3v) is 4.20. The van der Waals surface area contributed by atoms with Crippen LogP contribution in [0.15, 0.2) is 42.9 Å². The molecule has 2 N–H and O–H groups in total. The lowest BCUT2D eigenvalue weighted by Crippen LogP contribution is -2.31. The molecule has 142 valence electrons. The molecule has 0 saturated carbocycles.